The van der Waals surface area contributed by atoms with Crippen LogP contribution in [0.4, 0.5) is 0 Å². The summed E-state index contributed by atoms with van der Waals surface area (Å²) in [6.07, 6.45) is -1.63. The van der Waals surface area contributed by atoms with Crippen LogP contribution in [-0.4, -0.2) is 48.8 Å². The van der Waals surface area contributed by atoms with E-state index in [0.717, 1.165) is 43.5 Å². The Morgan fingerprint density at radius 2 is 1.29 bits per heavy atom. The molecule has 8 nitrogen and oxygen atoms in total. The fourth-order valence-corrected chi connectivity index (χ4v) is 7.76. The molecule has 212 valence electrons. The zero-order valence-electron chi connectivity index (χ0n) is 23.3. The van der Waals surface area contributed by atoms with Gasteiger partial charge in [-0.3, -0.25) is 0 Å². The minimum atomic E-state index is -1.67. The average molecular weight is 574 g/mol. The fraction of sp³-hybridized carbons (Fsp3) is 0.375. The highest BCUT2D eigenvalue weighted by atomic mass is 31.1. The molecular formula is C32H32NO7P. The molecule has 3 aliphatic heterocycles. The molecule has 0 unspecified atom stereocenters. The predicted octanol–water partition coefficient (Wildman–Crippen LogP) is 7.54. The second kappa shape index (κ2) is 9.28. The van der Waals surface area contributed by atoms with Gasteiger partial charge in [0.15, 0.2) is 17.9 Å². The maximum atomic E-state index is 6.72. The third-order valence-corrected chi connectivity index (χ3v) is 9.37. The summed E-state index contributed by atoms with van der Waals surface area (Å²) >= 11 is 0. The normalized spacial score (nSPS) is 28.6. The number of benzene rings is 4. The number of ether oxygens (including phenoxy) is 5. The highest BCUT2D eigenvalue weighted by Gasteiger charge is 2.58. The Bertz CT molecular complexity index is 1750. The zero-order valence-corrected chi connectivity index (χ0v) is 24.2. The minimum absolute atomic E-state index is 0.308. The average Bonchev–Trinajstić information content (AvgIpc) is 3.52. The van der Waals surface area contributed by atoms with Crippen LogP contribution in [0.25, 0.3) is 43.5 Å². The molecule has 5 atom stereocenters. The van der Waals surface area contributed by atoms with E-state index in [9.17, 15) is 0 Å². The van der Waals surface area contributed by atoms with Crippen molar-refractivity contribution in [2.45, 2.75) is 69.9 Å². The lowest BCUT2D eigenvalue weighted by molar-refractivity contribution is -0.221. The predicted molar refractivity (Wildman–Crippen MR) is 158 cm³/mol. The van der Waals surface area contributed by atoms with Crippen LogP contribution in [0.1, 0.15) is 27.7 Å². The van der Waals surface area contributed by atoms with E-state index in [-0.39, 0.29) is 18.2 Å². The van der Waals surface area contributed by atoms with Crippen molar-refractivity contribution in [3.05, 3.63) is 72.8 Å². The van der Waals surface area contributed by atoms with Gasteiger partial charge in [0.05, 0.1) is 12.6 Å². The van der Waals surface area contributed by atoms with E-state index < -0.39 is 32.1 Å². The van der Waals surface area contributed by atoms with E-state index in [1.165, 1.54) is 0 Å². The van der Waals surface area contributed by atoms with E-state index in [4.69, 9.17) is 32.1 Å². The van der Waals surface area contributed by atoms with Crippen molar-refractivity contribution in [3.63, 3.8) is 0 Å². The van der Waals surface area contributed by atoms with Gasteiger partial charge < -0.3 is 32.1 Å². The molecule has 0 radical (unpaired) electrons. The molecule has 8 rings (SSSR count). The lowest BCUT2D eigenvalue weighted by atomic mass is 9.99. The highest BCUT2D eigenvalue weighted by molar-refractivity contribution is 7.38. The van der Waals surface area contributed by atoms with Crippen LogP contribution >= 0.6 is 8.16 Å². The van der Waals surface area contributed by atoms with Crippen molar-refractivity contribution in [3.8, 4) is 0 Å². The molecule has 0 aliphatic carbocycles. The van der Waals surface area contributed by atoms with E-state index in [0.29, 0.717) is 6.61 Å². The lowest BCUT2D eigenvalue weighted by Gasteiger charge is -2.28. The largest absolute Gasteiger partial charge is 0.408 e. The Morgan fingerprint density at radius 3 is 1.88 bits per heavy atom. The Kier molecular flexibility index (Phi) is 5.83. The van der Waals surface area contributed by atoms with E-state index in [1.54, 1.807) is 0 Å². The molecule has 3 fully saturated rings. The van der Waals surface area contributed by atoms with Gasteiger partial charge in [-0.1, -0.05) is 60.7 Å². The third-order valence-electron chi connectivity index (χ3n) is 8.13. The van der Waals surface area contributed by atoms with Gasteiger partial charge in [0, 0.05) is 10.8 Å². The molecule has 1 aromatic heterocycles. The molecule has 0 spiro atoms. The second-order valence-corrected chi connectivity index (χ2v) is 13.0. The van der Waals surface area contributed by atoms with Crippen molar-refractivity contribution in [2.75, 3.05) is 11.7 Å². The molecule has 0 amide bonds. The molecule has 4 heterocycles. The van der Waals surface area contributed by atoms with Crippen LogP contribution in [0.5, 0.6) is 0 Å². The first-order chi connectivity index (χ1) is 19.7. The first kappa shape index (κ1) is 25.7. The molecule has 0 saturated carbocycles. The molecule has 3 aliphatic rings. The molecule has 9 heteroatoms. The second-order valence-electron chi connectivity index (χ2n) is 11.9. The molecule has 4 aromatic carbocycles. The van der Waals surface area contributed by atoms with Crippen LogP contribution in [0.15, 0.2) is 81.2 Å². The van der Waals surface area contributed by atoms with Crippen LogP contribution in [0.2, 0.25) is 0 Å². The Hall–Kier alpha value is -2.94. The highest BCUT2D eigenvalue weighted by Crippen LogP contribution is 2.45. The first-order valence-corrected chi connectivity index (χ1v) is 15.2. The Labute approximate surface area is 238 Å². The summed E-state index contributed by atoms with van der Waals surface area (Å²) in [6.45, 7) is 8.01. The summed E-state index contributed by atoms with van der Waals surface area (Å²) in [6, 6.07) is 24.7. The number of hydrogen-bond donors (Lipinski definition) is 1. The zero-order chi connectivity index (χ0) is 27.9. The van der Waals surface area contributed by atoms with E-state index in [2.05, 4.69) is 65.8 Å². The summed E-state index contributed by atoms with van der Waals surface area (Å²) in [5.74, 6) is -1.47. The fourth-order valence-electron chi connectivity index (χ4n) is 6.42. The maximum absolute atomic E-state index is 6.72. The van der Waals surface area contributed by atoms with Crippen LogP contribution in [0.3, 0.4) is 0 Å². The maximum Gasteiger partial charge on any atom is 0.307 e. The summed E-state index contributed by atoms with van der Waals surface area (Å²) in [5, 5.41) is 10.2. The van der Waals surface area contributed by atoms with Crippen molar-refractivity contribution in [1.29, 1.82) is 0 Å². The summed E-state index contributed by atoms with van der Waals surface area (Å²) < 4.78 is 44.4. The lowest BCUT2D eigenvalue weighted by Crippen LogP contribution is -2.46. The molecular weight excluding hydrogens is 541 g/mol. The van der Waals surface area contributed by atoms with Crippen LogP contribution in [0, 0.1) is 0 Å². The molecule has 0 bridgehead atoms. The van der Waals surface area contributed by atoms with Gasteiger partial charge in [0.2, 0.25) is 0 Å². The first-order valence-electron chi connectivity index (χ1n) is 14.0. The van der Waals surface area contributed by atoms with E-state index >= 15 is 0 Å². The minimum Gasteiger partial charge on any atom is -0.408 e. The van der Waals surface area contributed by atoms with E-state index in [1.807, 2.05) is 39.8 Å². The van der Waals surface area contributed by atoms with Gasteiger partial charge in [-0.25, -0.2) is 5.09 Å². The van der Waals surface area contributed by atoms with Gasteiger partial charge in [-0.2, -0.15) is 0 Å². The molecule has 41 heavy (non-hydrogen) atoms. The van der Waals surface area contributed by atoms with Gasteiger partial charge in [0.25, 0.3) is 0 Å². The number of nitrogens with one attached hydrogen (secondary N) is 1. The quantitative estimate of drug-likeness (QED) is 0.237. The summed E-state index contributed by atoms with van der Waals surface area (Å²) in [5.41, 5.74) is 1.52. The summed E-state index contributed by atoms with van der Waals surface area (Å²) in [4.78, 5) is 0. The summed E-state index contributed by atoms with van der Waals surface area (Å²) in [7, 11) is -1.67. The van der Waals surface area contributed by atoms with Crippen molar-refractivity contribution in [2.24, 2.45) is 0 Å². The standard InChI is InChI=1S/C32H32NO7P/c1-31(2)34-17-24(36-31)28-27(29-30(35-28)38-32(3,4)37-29)33-41-39-22-15-13-18-9-5-7-11-20(18)25(22)26-21-12-8-6-10-19(21)14-16-23(26)40-41/h5-16,24,27-30,33H,17H2,1-4H3/t24-,27+,28-,29-,30-/m1/s1. The smallest absolute Gasteiger partial charge is 0.307 e. The van der Waals surface area contributed by atoms with Gasteiger partial charge in [-0.15, -0.1) is 0 Å². The number of fused-ring (bicyclic) bond motifs is 8. The Balaban J connectivity index is 1.32. The van der Waals surface area contributed by atoms with Gasteiger partial charge in [0.1, 0.15) is 29.5 Å². The SMILES string of the molecule is CC1(C)O[C@H]2O[C@H]([C@H]3COC(C)(C)O3)[C@H](Np3oc4ccc5ccccc5c4c4c(ccc5ccccc54)o3)[C@H]2O1. The van der Waals surface area contributed by atoms with Crippen LogP contribution < -0.4 is 5.09 Å². The topological polar surface area (TPSA) is 84.5 Å². The van der Waals surface area contributed by atoms with Gasteiger partial charge >= 0.3 is 8.16 Å². The van der Waals surface area contributed by atoms with Gasteiger partial charge in [-0.05, 0) is 61.4 Å². The Morgan fingerprint density at radius 1 is 0.683 bits per heavy atom. The van der Waals surface area contributed by atoms with Crippen molar-refractivity contribution >= 4 is 51.6 Å². The molecule has 3 saturated heterocycles. The monoisotopic (exact) mass is 573 g/mol. The van der Waals surface area contributed by atoms with Crippen molar-refractivity contribution < 1.29 is 32.1 Å². The molecule has 5 aromatic rings. The number of hydrogen-bond acceptors (Lipinski definition) is 8. The third kappa shape index (κ3) is 4.37. The number of rotatable bonds is 3. The van der Waals surface area contributed by atoms with Crippen molar-refractivity contribution in [1.82, 2.24) is 0 Å². The van der Waals surface area contributed by atoms with Crippen LogP contribution in [-0.2, 0) is 23.7 Å². The molecule has 1 N–H and O–H groups in total.